The van der Waals surface area contributed by atoms with Crippen LogP contribution in [0, 0.1) is 22.7 Å². The fourth-order valence-electron chi connectivity index (χ4n) is 3.31. The molecule has 0 radical (unpaired) electrons. The number of aromatic nitrogens is 1. The lowest BCUT2D eigenvalue weighted by Gasteiger charge is -2.25. The van der Waals surface area contributed by atoms with E-state index in [2.05, 4.69) is 34.2 Å². The molecule has 1 saturated heterocycles. The highest BCUT2D eigenvalue weighted by atomic mass is 16.2. The zero-order valence-corrected chi connectivity index (χ0v) is 14.6. The molecule has 25 heavy (non-hydrogen) atoms. The van der Waals surface area contributed by atoms with Crippen molar-refractivity contribution < 1.29 is 4.79 Å². The predicted molar refractivity (Wildman–Crippen MR) is 94.3 cm³/mol. The second kappa shape index (κ2) is 10.4. The highest BCUT2D eigenvalue weighted by Gasteiger charge is 2.22. The van der Waals surface area contributed by atoms with E-state index < -0.39 is 0 Å². The first kappa shape index (κ1) is 18.9. The zero-order valence-electron chi connectivity index (χ0n) is 14.6. The summed E-state index contributed by atoms with van der Waals surface area (Å²) in [4.78, 5) is 20.5. The topological polar surface area (TPSA) is 84.0 Å². The lowest BCUT2D eigenvalue weighted by Crippen LogP contribution is -2.41. The third-order valence-corrected chi connectivity index (χ3v) is 4.70. The van der Waals surface area contributed by atoms with E-state index in [1.165, 1.54) is 5.56 Å². The Morgan fingerprint density at radius 2 is 1.84 bits per heavy atom. The molecule has 1 amide bonds. The first-order valence-electron chi connectivity index (χ1n) is 8.88. The van der Waals surface area contributed by atoms with Crippen LogP contribution >= 0.6 is 0 Å². The minimum Gasteiger partial charge on any atom is -0.340 e. The Morgan fingerprint density at radius 1 is 1.16 bits per heavy atom. The van der Waals surface area contributed by atoms with E-state index in [9.17, 15) is 4.79 Å². The van der Waals surface area contributed by atoms with Crippen molar-refractivity contribution in [3.8, 4) is 12.1 Å². The molecule has 1 unspecified atom stereocenters. The van der Waals surface area contributed by atoms with Gasteiger partial charge < -0.3 is 4.90 Å². The highest BCUT2D eigenvalue weighted by molar-refractivity contribution is 5.78. The molecule has 0 N–H and O–H groups in total. The molecule has 0 spiro atoms. The SMILES string of the molecule is N#CCCN(CCC#N)C(=O)CN1CCCC(c2ccncc2)CC1. The quantitative estimate of drug-likeness (QED) is 0.761. The van der Waals surface area contributed by atoms with Gasteiger partial charge in [0, 0.05) is 25.5 Å². The van der Waals surface area contributed by atoms with Crippen LogP contribution in [0.2, 0.25) is 0 Å². The Hall–Kier alpha value is -2.44. The molecule has 1 fully saturated rings. The van der Waals surface area contributed by atoms with Crippen molar-refractivity contribution in [2.24, 2.45) is 0 Å². The molecule has 1 aromatic rings. The summed E-state index contributed by atoms with van der Waals surface area (Å²) in [7, 11) is 0. The number of rotatable bonds is 7. The molecule has 1 aliphatic rings. The third-order valence-electron chi connectivity index (χ3n) is 4.70. The van der Waals surface area contributed by atoms with E-state index in [4.69, 9.17) is 10.5 Å². The van der Waals surface area contributed by atoms with Crippen LogP contribution in [-0.2, 0) is 4.79 Å². The number of likely N-dealkylation sites (tertiary alicyclic amines) is 1. The van der Waals surface area contributed by atoms with Gasteiger partial charge in [-0.15, -0.1) is 0 Å². The summed E-state index contributed by atoms with van der Waals surface area (Å²) in [6.45, 7) is 3.00. The van der Waals surface area contributed by atoms with E-state index in [0.717, 1.165) is 32.4 Å². The van der Waals surface area contributed by atoms with E-state index in [0.29, 0.717) is 38.4 Å². The second-order valence-electron chi connectivity index (χ2n) is 6.38. The molecule has 2 rings (SSSR count). The number of nitrogens with zero attached hydrogens (tertiary/aromatic N) is 5. The minimum absolute atomic E-state index is 0.0212. The Bertz CT molecular complexity index is 601. The summed E-state index contributed by atoms with van der Waals surface area (Å²) in [6, 6.07) is 8.30. The molecule has 0 bridgehead atoms. The molecular formula is C19H25N5O. The lowest BCUT2D eigenvalue weighted by atomic mass is 9.93. The largest absolute Gasteiger partial charge is 0.340 e. The molecule has 1 aromatic heterocycles. The van der Waals surface area contributed by atoms with Crippen molar-refractivity contribution in [1.29, 1.82) is 10.5 Å². The molecule has 6 heteroatoms. The number of carbonyl (C=O) groups is 1. The van der Waals surface area contributed by atoms with Crippen molar-refractivity contribution >= 4 is 5.91 Å². The van der Waals surface area contributed by atoms with Crippen LogP contribution in [0.3, 0.4) is 0 Å². The summed E-state index contributed by atoms with van der Waals surface area (Å²) in [5, 5.41) is 17.5. The first-order valence-corrected chi connectivity index (χ1v) is 8.88. The van der Waals surface area contributed by atoms with E-state index in [1.54, 1.807) is 4.90 Å². The smallest absolute Gasteiger partial charge is 0.236 e. The monoisotopic (exact) mass is 339 g/mol. The predicted octanol–water partition coefficient (Wildman–Crippen LogP) is 2.31. The van der Waals surface area contributed by atoms with Gasteiger partial charge in [-0.2, -0.15) is 10.5 Å². The maximum absolute atomic E-state index is 12.5. The fourth-order valence-corrected chi connectivity index (χ4v) is 3.31. The van der Waals surface area contributed by atoms with Crippen LogP contribution in [0.4, 0.5) is 0 Å². The van der Waals surface area contributed by atoms with Crippen LogP contribution < -0.4 is 0 Å². The molecule has 2 heterocycles. The maximum Gasteiger partial charge on any atom is 0.236 e. The van der Waals surface area contributed by atoms with Gasteiger partial charge in [-0.25, -0.2) is 0 Å². The van der Waals surface area contributed by atoms with E-state index >= 15 is 0 Å². The number of hydrogen-bond acceptors (Lipinski definition) is 5. The van der Waals surface area contributed by atoms with Crippen molar-refractivity contribution in [3.63, 3.8) is 0 Å². The van der Waals surface area contributed by atoms with Crippen molar-refractivity contribution in [3.05, 3.63) is 30.1 Å². The average Bonchev–Trinajstić information content (AvgIpc) is 2.88. The summed E-state index contributed by atoms with van der Waals surface area (Å²) in [5.74, 6) is 0.546. The number of carbonyl (C=O) groups excluding carboxylic acids is 1. The van der Waals surface area contributed by atoms with Crippen LogP contribution in [0.5, 0.6) is 0 Å². The molecule has 1 aliphatic heterocycles. The van der Waals surface area contributed by atoms with Gasteiger partial charge in [-0.05, 0) is 56.0 Å². The highest BCUT2D eigenvalue weighted by Crippen LogP contribution is 2.27. The van der Waals surface area contributed by atoms with E-state index in [-0.39, 0.29) is 5.91 Å². The summed E-state index contributed by atoms with van der Waals surface area (Å²) >= 11 is 0. The number of amides is 1. The summed E-state index contributed by atoms with van der Waals surface area (Å²) < 4.78 is 0. The number of pyridine rings is 1. The van der Waals surface area contributed by atoms with Crippen molar-refractivity contribution in [2.75, 3.05) is 32.7 Å². The first-order chi connectivity index (χ1) is 12.2. The molecule has 0 aromatic carbocycles. The lowest BCUT2D eigenvalue weighted by molar-refractivity contribution is -0.132. The number of hydrogen-bond donors (Lipinski definition) is 0. The third kappa shape index (κ3) is 6.17. The zero-order chi connectivity index (χ0) is 17.9. The van der Waals surface area contributed by atoms with Gasteiger partial charge in [0.1, 0.15) is 0 Å². The van der Waals surface area contributed by atoms with Gasteiger partial charge in [0.25, 0.3) is 0 Å². The molecule has 132 valence electrons. The Balaban J connectivity index is 1.88. The van der Waals surface area contributed by atoms with Gasteiger partial charge in [-0.3, -0.25) is 14.7 Å². The van der Waals surface area contributed by atoms with Crippen molar-refractivity contribution in [2.45, 2.75) is 38.0 Å². The maximum atomic E-state index is 12.5. The normalized spacial score (nSPS) is 17.9. The Morgan fingerprint density at radius 3 is 2.48 bits per heavy atom. The fraction of sp³-hybridized carbons (Fsp3) is 0.579. The minimum atomic E-state index is 0.0212. The second-order valence-corrected chi connectivity index (χ2v) is 6.38. The summed E-state index contributed by atoms with van der Waals surface area (Å²) in [5.41, 5.74) is 1.33. The molecule has 1 atom stereocenters. The standard InChI is InChI=1S/C19H25N5O/c20-8-2-13-24(14-3-9-21)19(25)16-23-12-1-4-17(7-15-23)18-5-10-22-11-6-18/h5-6,10-11,17H,1-4,7,12-16H2. The molecule has 0 saturated carbocycles. The summed E-state index contributed by atoms with van der Waals surface area (Å²) in [6.07, 6.45) is 7.52. The Kier molecular flexibility index (Phi) is 7.88. The van der Waals surface area contributed by atoms with E-state index in [1.807, 2.05) is 12.4 Å². The molecule has 0 aliphatic carbocycles. The van der Waals surface area contributed by atoms with Gasteiger partial charge >= 0.3 is 0 Å². The Labute approximate surface area is 149 Å². The molecule has 6 nitrogen and oxygen atoms in total. The average molecular weight is 339 g/mol. The van der Waals surface area contributed by atoms with Gasteiger partial charge in [-0.1, -0.05) is 0 Å². The van der Waals surface area contributed by atoms with Gasteiger partial charge in [0.05, 0.1) is 31.5 Å². The van der Waals surface area contributed by atoms with Crippen molar-refractivity contribution in [1.82, 2.24) is 14.8 Å². The van der Waals surface area contributed by atoms with Crippen LogP contribution in [0.1, 0.15) is 43.6 Å². The van der Waals surface area contributed by atoms with Gasteiger partial charge in [0.2, 0.25) is 5.91 Å². The number of nitriles is 2. The van der Waals surface area contributed by atoms with Crippen LogP contribution in [0.25, 0.3) is 0 Å². The van der Waals surface area contributed by atoms with Crippen LogP contribution in [0.15, 0.2) is 24.5 Å². The van der Waals surface area contributed by atoms with Crippen LogP contribution in [-0.4, -0.2) is 53.4 Å². The molecular weight excluding hydrogens is 314 g/mol. The van der Waals surface area contributed by atoms with Gasteiger partial charge in [0.15, 0.2) is 0 Å².